The van der Waals surface area contributed by atoms with Gasteiger partial charge in [-0.2, -0.15) is 11.8 Å². The van der Waals surface area contributed by atoms with Crippen LogP contribution in [0.15, 0.2) is 38.4 Å². The number of aliphatic hydroxyl groups is 1. The van der Waals surface area contributed by atoms with E-state index in [1.165, 1.54) is 11.8 Å². The lowest BCUT2D eigenvalue weighted by Crippen LogP contribution is -2.20. The molecule has 0 saturated heterocycles. The van der Waals surface area contributed by atoms with Gasteiger partial charge < -0.3 is 14.3 Å². The lowest BCUT2D eigenvalue weighted by molar-refractivity contribution is 0.126. The summed E-state index contributed by atoms with van der Waals surface area (Å²) in [6.45, 7) is 0.218. The zero-order chi connectivity index (χ0) is 15.1. The summed E-state index contributed by atoms with van der Waals surface area (Å²) in [7, 11) is 0. The van der Waals surface area contributed by atoms with Gasteiger partial charge in [-0.1, -0.05) is 33.8 Å². The Morgan fingerprint density at radius 1 is 1.43 bits per heavy atom. The normalized spacial score (nSPS) is 12.3. The van der Waals surface area contributed by atoms with Crippen molar-refractivity contribution in [3.63, 3.8) is 0 Å². The van der Waals surface area contributed by atoms with Crippen LogP contribution < -0.4 is 4.74 Å². The fourth-order valence-corrected chi connectivity index (χ4v) is 2.87. The highest BCUT2D eigenvalue weighted by atomic mass is 79.9. The first-order valence-corrected chi connectivity index (χ1v) is 9.35. The Morgan fingerprint density at radius 2 is 2.29 bits per heavy atom. The van der Waals surface area contributed by atoms with E-state index >= 15 is 0 Å². The zero-order valence-electron chi connectivity index (χ0n) is 11.4. The number of hydrogen-bond acceptors (Lipinski definition) is 7. The number of ether oxygens (including phenoxy) is 1. The first-order valence-electron chi connectivity index (χ1n) is 6.18. The van der Waals surface area contributed by atoms with Gasteiger partial charge >= 0.3 is 0 Å². The molecule has 114 valence electrons. The quantitative estimate of drug-likeness (QED) is 0.693. The molecule has 1 N–H and O–H groups in total. The van der Waals surface area contributed by atoms with Gasteiger partial charge in [0.05, 0.1) is 11.9 Å². The van der Waals surface area contributed by atoms with Crippen LogP contribution in [0.1, 0.15) is 5.89 Å². The number of thioether (sulfide) groups is 2. The van der Waals surface area contributed by atoms with Gasteiger partial charge in [-0.25, -0.2) is 0 Å². The Labute approximate surface area is 140 Å². The second-order valence-electron chi connectivity index (χ2n) is 4.13. The van der Waals surface area contributed by atoms with Crippen LogP contribution in [0.5, 0.6) is 5.75 Å². The molecule has 0 aliphatic heterocycles. The van der Waals surface area contributed by atoms with Crippen LogP contribution in [-0.4, -0.2) is 40.0 Å². The first-order chi connectivity index (χ1) is 10.2. The summed E-state index contributed by atoms with van der Waals surface area (Å²) in [4.78, 5) is 0. The van der Waals surface area contributed by atoms with E-state index < -0.39 is 6.10 Å². The smallest absolute Gasteiger partial charge is 0.276 e. The first kappa shape index (κ1) is 16.7. The Hall–Kier alpha value is -0.700. The molecule has 0 bridgehead atoms. The number of aromatic nitrogens is 2. The van der Waals surface area contributed by atoms with Crippen LogP contribution in [0.25, 0.3) is 0 Å². The second kappa shape index (κ2) is 8.67. The van der Waals surface area contributed by atoms with Crippen LogP contribution in [0.4, 0.5) is 0 Å². The molecule has 2 aromatic rings. The zero-order valence-corrected chi connectivity index (χ0v) is 14.6. The van der Waals surface area contributed by atoms with Crippen molar-refractivity contribution in [2.45, 2.75) is 17.1 Å². The summed E-state index contributed by atoms with van der Waals surface area (Å²) >= 11 is 6.31. The van der Waals surface area contributed by atoms with Crippen LogP contribution in [0, 0.1) is 0 Å². The third-order valence-corrected chi connectivity index (χ3v) is 4.35. The molecule has 0 amide bonds. The number of halogens is 1. The molecule has 21 heavy (non-hydrogen) atoms. The molecule has 0 fully saturated rings. The van der Waals surface area contributed by atoms with Gasteiger partial charge in [0, 0.05) is 10.2 Å². The van der Waals surface area contributed by atoms with Crippen LogP contribution >= 0.6 is 39.5 Å². The Bertz CT molecular complexity index is 568. The van der Waals surface area contributed by atoms with Gasteiger partial charge in [0.2, 0.25) is 5.89 Å². The van der Waals surface area contributed by atoms with E-state index in [-0.39, 0.29) is 6.61 Å². The maximum absolute atomic E-state index is 9.90. The molecule has 1 aromatic heterocycles. The van der Waals surface area contributed by atoms with Crippen molar-refractivity contribution in [3.05, 3.63) is 34.6 Å². The second-order valence-corrected chi connectivity index (χ2v) is 6.88. The van der Waals surface area contributed by atoms with Crippen LogP contribution in [0.2, 0.25) is 0 Å². The van der Waals surface area contributed by atoms with Crippen molar-refractivity contribution in [1.29, 1.82) is 0 Å². The van der Waals surface area contributed by atoms with Gasteiger partial charge in [0.25, 0.3) is 5.22 Å². The molecule has 5 nitrogen and oxygen atoms in total. The fraction of sp³-hybridized carbons (Fsp3) is 0.385. The van der Waals surface area contributed by atoms with E-state index in [0.717, 1.165) is 4.47 Å². The summed E-state index contributed by atoms with van der Waals surface area (Å²) in [6, 6.07) is 7.50. The molecule has 8 heteroatoms. The molecular weight excluding hydrogens is 376 g/mol. The van der Waals surface area contributed by atoms with E-state index in [2.05, 4.69) is 26.1 Å². The van der Waals surface area contributed by atoms with E-state index in [9.17, 15) is 5.11 Å². The maximum Gasteiger partial charge on any atom is 0.276 e. The molecule has 1 atom stereocenters. The summed E-state index contributed by atoms with van der Waals surface area (Å²) in [6.07, 6.45) is 1.37. The highest BCUT2D eigenvalue weighted by Gasteiger charge is 2.11. The van der Waals surface area contributed by atoms with Crippen molar-refractivity contribution < 1.29 is 14.3 Å². The molecule has 1 aromatic carbocycles. The van der Waals surface area contributed by atoms with Gasteiger partial charge in [-0.3, -0.25) is 0 Å². The third kappa shape index (κ3) is 5.90. The monoisotopic (exact) mass is 390 g/mol. The Morgan fingerprint density at radius 3 is 3.05 bits per heavy atom. The fourth-order valence-electron chi connectivity index (χ4n) is 1.44. The summed E-state index contributed by atoms with van der Waals surface area (Å²) in [5.41, 5.74) is 0. The average Bonchev–Trinajstić information content (AvgIpc) is 2.91. The van der Waals surface area contributed by atoms with Crippen molar-refractivity contribution in [1.82, 2.24) is 10.2 Å². The molecule has 1 unspecified atom stereocenters. The highest BCUT2D eigenvalue weighted by molar-refractivity contribution is 9.10. The van der Waals surface area contributed by atoms with Crippen molar-refractivity contribution in [3.8, 4) is 5.75 Å². The molecule has 0 aliphatic rings. The molecule has 0 spiro atoms. The highest BCUT2D eigenvalue weighted by Crippen LogP contribution is 2.20. The van der Waals surface area contributed by atoms with Gasteiger partial charge in [-0.15, -0.1) is 10.2 Å². The molecule has 0 radical (unpaired) electrons. The SMILES string of the molecule is CSCc1nnc(SCC(O)COc2cccc(Br)c2)o1. The number of hydrogen-bond donors (Lipinski definition) is 1. The Balaban J connectivity index is 1.72. The summed E-state index contributed by atoms with van der Waals surface area (Å²) < 4.78 is 11.9. The van der Waals surface area contributed by atoms with Crippen molar-refractivity contribution in [2.24, 2.45) is 0 Å². The number of rotatable bonds is 8. The summed E-state index contributed by atoms with van der Waals surface area (Å²) in [5.74, 6) is 2.45. The molecular formula is C13H15BrN2O3S2. The van der Waals surface area contributed by atoms with Crippen molar-refractivity contribution in [2.75, 3.05) is 18.6 Å². The minimum Gasteiger partial charge on any atom is -0.491 e. The minimum absolute atomic E-state index is 0.218. The lowest BCUT2D eigenvalue weighted by atomic mass is 10.3. The molecule has 0 aliphatic carbocycles. The third-order valence-electron chi connectivity index (χ3n) is 2.35. The van der Waals surface area contributed by atoms with Crippen LogP contribution in [0.3, 0.4) is 0 Å². The predicted octanol–water partition coefficient (Wildman–Crippen LogP) is 3.23. The molecule has 0 saturated carbocycles. The van der Waals surface area contributed by atoms with E-state index in [4.69, 9.17) is 9.15 Å². The number of benzene rings is 1. The maximum atomic E-state index is 9.90. The largest absolute Gasteiger partial charge is 0.491 e. The predicted molar refractivity (Wildman–Crippen MR) is 87.9 cm³/mol. The van der Waals surface area contributed by atoms with Gasteiger partial charge in [-0.05, 0) is 24.5 Å². The van der Waals surface area contributed by atoms with Crippen LogP contribution in [-0.2, 0) is 5.75 Å². The molecule has 1 heterocycles. The standard InChI is InChI=1S/C13H15BrN2O3S2/c1-20-8-12-15-16-13(19-12)21-7-10(17)6-18-11-4-2-3-9(14)5-11/h2-5,10,17H,6-8H2,1H3. The van der Waals surface area contributed by atoms with E-state index in [1.54, 1.807) is 11.8 Å². The van der Waals surface area contributed by atoms with E-state index in [1.807, 2.05) is 30.5 Å². The topological polar surface area (TPSA) is 68.4 Å². The molecule has 2 rings (SSSR count). The van der Waals surface area contributed by atoms with Gasteiger partial charge in [0.1, 0.15) is 12.4 Å². The van der Waals surface area contributed by atoms with Crippen molar-refractivity contribution >= 4 is 39.5 Å². The number of aliphatic hydroxyl groups excluding tert-OH is 1. The summed E-state index contributed by atoms with van der Waals surface area (Å²) in [5, 5.41) is 18.2. The van der Waals surface area contributed by atoms with Gasteiger partial charge in [0.15, 0.2) is 0 Å². The number of nitrogens with zero attached hydrogens (tertiary/aromatic N) is 2. The van der Waals surface area contributed by atoms with E-state index in [0.29, 0.717) is 28.4 Å². The average molecular weight is 391 g/mol. The minimum atomic E-state index is -0.607. The Kier molecular flexibility index (Phi) is 6.88. The lowest BCUT2D eigenvalue weighted by Gasteiger charge is -2.11.